The number of anilines is 1. The van der Waals surface area contributed by atoms with E-state index in [1.807, 2.05) is 18.2 Å². The van der Waals surface area contributed by atoms with Crippen LogP contribution in [0.25, 0.3) is 0 Å². The average molecular weight is 351 g/mol. The minimum absolute atomic E-state index is 0.213. The number of benzene rings is 1. The lowest BCUT2D eigenvalue weighted by Crippen LogP contribution is -2.05. The molecular formula is C12H10BrCl2NS. The van der Waals surface area contributed by atoms with Crippen LogP contribution in [-0.2, 0) is 0 Å². The fourth-order valence-electron chi connectivity index (χ4n) is 1.48. The van der Waals surface area contributed by atoms with Gasteiger partial charge in [-0.2, -0.15) is 0 Å². The summed E-state index contributed by atoms with van der Waals surface area (Å²) in [5, 5.41) is 6.50. The molecule has 1 atom stereocenters. The first-order valence-electron chi connectivity index (χ1n) is 5.03. The summed E-state index contributed by atoms with van der Waals surface area (Å²) in [5.41, 5.74) is 0.848. The molecule has 0 aliphatic heterocycles. The summed E-state index contributed by atoms with van der Waals surface area (Å²) in [6, 6.07) is 8.15. The molecule has 1 aromatic carbocycles. The van der Waals surface area contributed by atoms with E-state index in [0.29, 0.717) is 10.0 Å². The van der Waals surface area contributed by atoms with Gasteiger partial charge in [0.05, 0.1) is 21.8 Å². The van der Waals surface area contributed by atoms with Gasteiger partial charge in [-0.3, -0.25) is 0 Å². The van der Waals surface area contributed by atoms with Crippen LogP contribution in [0.15, 0.2) is 34.1 Å². The maximum Gasteiger partial charge on any atom is 0.0835 e. The number of rotatable bonds is 3. The highest BCUT2D eigenvalue weighted by Crippen LogP contribution is 2.37. The Hall–Kier alpha value is -0.220. The number of thiophene rings is 1. The second-order valence-electron chi connectivity index (χ2n) is 3.60. The van der Waals surface area contributed by atoms with Gasteiger partial charge >= 0.3 is 0 Å². The van der Waals surface area contributed by atoms with E-state index in [-0.39, 0.29) is 6.04 Å². The molecular weight excluding hydrogens is 341 g/mol. The minimum atomic E-state index is 0.213. The first kappa shape index (κ1) is 13.2. The summed E-state index contributed by atoms with van der Waals surface area (Å²) < 4.78 is 0.804. The van der Waals surface area contributed by atoms with E-state index in [4.69, 9.17) is 23.2 Å². The Bertz CT molecular complexity index is 513. The van der Waals surface area contributed by atoms with E-state index < -0.39 is 0 Å². The van der Waals surface area contributed by atoms with Crippen LogP contribution in [0.2, 0.25) is 10.0 Å². The molecule has 0 radical (unpaired) electrons. The van der Waals surface area contributed by atoms with Crippen LogP contribution in [0.3, 0.4) is 0 Å². The largest absolute Gasteiger partial charge is 0.376 e. The van der Waals surface area contributed by atoms with Crippen molar-refractivity contribution in [2.75, 3.05) is 5.32 Å². The average Bonchev–Trinajstić information content (AvgIpc) is 2.83. The third kappa shape index (κ3) is 2.97. The second-order valence-corrected chi connectivity index (χ2v) is 6.19. The summed E-state index contributed by atoms with van der Waals surface area (Å²) in [5.74, 6) is 0. The number of hydrogen-bond donors (Lipinski definition) is 1. The van der Waals surface area contributed by atoms with Crippen molar-refractivity contribution in [3.05, 3.63) is 49.0 Å². The SMILES string of the molecule is CC(Nc1ccc(Br)c(Cl)c1Cl)c1cccs1. The Morgan fingerprint density at radius 2 is 2.00 bits per heavy atom. The van der Waals surface area contributed by atoms with Crippen LogP contribution >= 0.6 is 50.5 Å². The lowest BCUT2D eigenvalue weighted by atomic mass is 10.2. The quantitative estimate of drug-likeness (QED) is 0.670. The van der Waals surface area contributed by atoms with Gasteiger partial charge in [-0.15, -0.1) is 11.3 Å². The number of nitrogens with one attached hydrogen (secondary N) is 1. The summed E-state index contributed by atoms with van der Waals surface area (Å²) in [7, 11) is 0. The lowest BCUT2D eigenvalue weighted by molar-refractivity contribution is 0.908. The maximum absolute atomic E-state index is 6.18. The van der Waals surface area contributed by atoms with Crippen LogP contribution in [0, 0.1) is 0 Å². The monoisotopic (exact) mass is 349 g/mol. The van der Waals surface area contributed by atoms with Gasteiger partial charge in [0.2, 0.25) is 0 Å². The molecule has 1 aromatic heterocycles. The fraction of sp³-hybridized carbons (Fsp3) is 0.167. The van der Waals surface area contributed by atoms with Crippen LogP contribution in [-0.4, -0.2) is 0 Å². The van der Waals surface area contributed by atoms with Gasteiger partial charge in [0.25, 0.3) is 0 Å². The van der Waals surface area contributed by atoms with Crippen molar-refractivity contribution in [3.63, 3.8) is 0 Å². The van der Waals surface area contributed by atoms with Gasteiger partial charge in [-0.05, 0) is 46.4 Å². The molecule has 90 valence electrons. The molecule has 1 unspecified atom stereocenters. The zero-order valence-electron chi connectivity index (χ0n) is 9.01. The molecule has 0 saturated heterocycles. The minimum Gasteiger partial charge on any atom is -0.376 e. The first-order chi connectivity index (χ1) is 8.09. The molecule has 5 heteroatoms. The predicted octanol–water partition coefficient (Wildman–Crippen LogP) is 5.99. The van der Waals surface area contributed by atoms with Crippen molar-refractivity contribution in [3.8, 4) is 0 Å². The molecule has 0 saturated carbocycles. The molecule has 0 aliphatic carbocycles. The molecule has 2 aromatic rings. The summed E-state index contributed by atoms with van der Waals surface area (Å²) in [6.07, 6.45) is 0. The van der Waals surface area contributed by atoms with E-state index in [2.05, 4.69) is 39.6 Å². The highest BCUT2D eigenvalue weighted by molar-refractivity contribution is 9.10. The van der Waals surface area contributed by atoms with Gasteiger partial charge in [-0.25, -0.2) is 0 Å². The van der Waals surface area contributed by atoms with E-state index in [0.717, 1.165) is 10.2 Å². The fourth-order valence-corrected chi connectivity index (χ4v) is 3.04. The van der Waals surface area contributed by atoms with Crippen molar-refractivity contribution in [1.29, 1.82) is 0 Å². The predicted molar refractivity (Wildman–Crippen MR) is 80.5 cm³/mol. The molecule has 0 aliphatic rings. The molecule has 17 heavy (non-hydrogen) atoms. The van der Waals surface area contributed by atoms with Crippen LogP contribution in [0.1, 0.15) is 17.8 Å². The topological polar surface area (TPSA) is 12.0 Å². The van der Waals surface area contributed by atoms with Crippen molar-refractivity contribution < 1.29 is 0 Å². The lowest BCUT2D eigenvalue weighted by Gasteiger charge is -2.16. The Balaban J connectivity index is 2.22. The zero-order valence-corrected chi connectivity index (χ0v) is 12.9. The standard InChI is InChI=1S/C12H10BrCl2NS/c1-7(10-3-2-6-17-10)16-9-5-4-8(13)11(14)12(9)15/h2-7,16H,1H3. The highest BCUT2D eigenvalue weighted by atomic mass is 79.9. The van der Waals surface area contributed by atoms with Gasteiger partial charge in [0.15, 0.2) is 0 Å². The van der Waals surface area contributed by atoms with Crippen LogP contribution < -0.4 is 5.32 Å². The summed E-state index contributed by atoms with van der Waals surface area (Å²) >= 11 is 17.3. The van der Waals surface area contributed by atoms with E-state index in [1.54, 1.807) is 11.3 Å². The van der Waals surface area contributed by atoms with Crippen LogP contribution in [0.5, 0.6) is 0 Å². The Labute approximate surface area is 123 Å². The van der Waals surface area contributed by atoms with Crippen molar-refractivity contribution in [2.24, 2.45) is 0 Å². The summed E-state index contributed by atoms with van der Waals surface area (Å²) in [4.78, 5) is 1.26. The second kappa shape index (κ2) is 5.61. The third-order valence-electron chi connectivity index (χ3n) is 2.38. The van der Waals surface area contributed by atoms with E-state index in [9.17, 15) is 0 Å². The Morgan fingerprint density at radius 1 is 1.24 bits per heavy atom. The number of halogens is 3. The van der Waals surface area contributed by atoms with Gasteiger partial charge < -0.3 is 5.32 Å². The van der Waals surface area contributed by atoms with Gasteiger partial charge in [-0.1, -0.05) is 29.3 Å². The molecule has 2 rings (SSSR count). The molecule has 1 nitrogen and oxygen atoms in total. The molecule has 1 N–H and O–H groups in total. The Kier molecular flexibility index (Phi) is 4.36. The first-order valence-corrected chi connectivity index (χ1v) is 7.46. The van der Waals surface area contributed by atoms with Gasteiger partial charge in [0.1, 0.15) is 0 Å². The molecule has 0 amide bonds. The van der Waals surface area contributed by atoms with Crippen molar-refractivity contribution in [2.45, 2.75) is 13.0 Å². The maximum atomic E-state index is 6.18. The Morgan fingerprint density at radius 3 is 2.65 bits per heavy atom. The van der Waals surface area contributed by atoms with Gasteiger partial charge in [0, 0.05) is 9.35 Å². The highest BCUT2D eigenvalue weighted by Gasteiger charge is 2.12. The number of hydrogen-bond acceptors (Lipinski definition) is 2. The molecule has 0 spiro atoms. The van der Waals surface area contributed by atoms with E-state index in [1.165, 1.54) is 4.88 Å². The normalized spacial score (nSPS) is 12.5. The third-order valence-corrected chi connectivity index (χ3v) is 5.20. The van der Waals surface area contributed by atoms with Crippen LogP contribution in [0.4, 0.5) is 5.69 Å². The molecule has 1 heterocycles. The van der Waals surface area contributed by atoms with E-state index >= 15 is 0 Å². The zero-order chi connectivity index (χ0) is 12.4. The molecule has 0 bridgehead atoms. The van der Waals surface area contributed by atoms with Crippen molar-refractivity contribution >= 4 is 56.2 Å². The smallest absolute Gasteiger partial charge is 0.0835 e. The van der Waals surface area contributed by atoms with Crippen molar-refractivity contribution in [1.82, 2.24) is 0 Å². The molecule has 0 fully saturated rings. The summed E-state index contributed by atoms with van der Waals surface area (Å²) in [6.45, 7) is 2.10.